The first-order chi connectivity index (χ1) is 32.5. The Bertz CT molecular complexity index is 3990. The Morgan fingerprint density at radius 1 is 0.404 bits per heavy atom. The van der Waals surface area contributed by atoms with Gasteiger partial charge in [0.05, 0.1) is 30.2 Å². The van der Waals surface area contributed by atoms with Crippen LogP contribution in [0.3, 0.4) is 0 Å². The van der Waals surface area contributed by atoms with Gasteiger partial charge in [0.1, 0.15) is 11.2 Å². The predicted octanol–water partition coefficient (Wildman–Crippen LogP) is 13.2. The van der Waals surface area contributed by atoms with E-state index in [1.807, 2.05) is 0 Å². The number of benzene rings is 9. The molecular weight excluding hydrogens is 569 g/mol. The summed E-state index contributed by atoms with van der Waals surface area (Å²) in [5.74, 6) is 0. The summed E-state index contributed by atoms with van der Waals surface area (Å²) in [5, 5.41) is -1.36. The molecule has 0 aliphatic carbocycles. The van der Waals surface area contributed by atoms with E-state index in [4.69, 9.17) is 27.7 Å². The van der Waals surface area contributed by atoms with Crippen LogP contribution in [0.25, 0.3) is 98.4 Å². The third-order valence-corrected chi connectivity index (χ3v) is 8.31. The summed E-state index contributed by atoms with van der Waals surface area (Å²) in [7, 11) is 0. The van der Waals surface area contributed by atoms with Crippen LogP contribution in [-0.4, -0.2) is 0 Å². The van der Waals surface area contributed by atoms with E-state index in [0.717, 1.165) is 0 Å². The van der Waals surface area contributed by atoms with Crippen molar-refractivity contribution in [3.8, 4) is 33.4 Å². The normalized spacial score (nSPS) is 18.4. The minimum absolute atomic E-state index is 0.0555. The van der Waals surface area contributed by atoms with Crippen molar-refractivity contribution in [2.45, 2.75) is 0 Å². The van der Waals surface area contributed by atoms with Gasteiger partial charge in [-0.3, -0.25) is 0 Å². The summed E-state index contributed by atoms with van der Waals surface area (Å²) < 4.78 is 201. The first-order valence-electron chi connectivity index (χ1n) is 25.4. The summed E-state index contributed by atoms with van der Waals surface area (Å²) in [6.07, 6.45) is 0. The SMILES string of the molecule is [2H]c1c([2H])c([2H])c(-c2c3c([2H])c([2H])c([2H])c([2H])c3c(-c3ccc4c(-c5c([2H])c6c(oc7c([2H])c([2H])c([2H])c([2H])c76)c6c([2H])c([2H])c([2H])c([2H])c56)cccc4c3)c3c([2H])c([2H])c([2H])c([2H])c23)c([2H])c1[2H]. The third kappa shape index (κ3) is 3.90. The Balaban J connectivity index is 1.39. The van der Waals surface area contributed by atoms with Crippen molar-refractivity contribution in [3.05, 3.63) is 169 Å². The molecule has 1 nitrogen and oxygen atoms in total. The van der Waals surface area contributed by atoms with Crippen molar-refractivity contribution in [2.24, 2.45) is 0 Å². The molecular formula is C46H28O. The highest BCUT2D eigenvalue weighted by molar-refractivity contribution is 6.23. The molecule has 0 saturated carbocycles. The van der Waals surface area contributed by atoms with Crippen molar-refractivity contribution in [3.63, 3.8) is 0 Å². The van der Waals surface area contributed by atoms with E-state index in [1.165, 1.54) is 6.07 Å². The molecule has 1 heterocycles. The summed E-state index contributed by atoms with van der Waals surface area (Å²) in [6.45, 7) is 0. The zero-order valence-corrected chi connectivity index (χ0v) is 23.9. The largest absolute Gasteiger partial charge is 0.455 e. The van der Waals surface area contributed by atoms with E-state index in [9.17, 15) is 6.85 Å². The minimum atomic E-state index is -0.799. The van der Waals surface area contributed by atoms with Crippen LogP contribution >= 0.6 is 0 Å². The van der Waals surface area contributed by atoms with Gasteiger partial charge in [-0.15, -0.1) is 0 Å². The molecule has 0 spiro atoms. The average molecular weight is 619 g/mol. The second-order valence-corrected chi connectivity index (χ2v) is 10.8. The van der Waals surface area contributed by atoms with Crippen LogP contribution in [0.1, 0.15) is 30.2 Å². The van der Waals surface area contributed by atoms with Gasteiger partial charge in [0.25, 0.3) is 0 Å². The quantitative estimate of drug-likeness (QED) is 0.180. The fourth-order valence-corrected chi connectivity index (χ4v) is 6.37. The van der Waals surface area contributed by atoms with Crippen molar-refractivity contribution in [1.29, 1.82) is 0 Å². The summed E-state index contributed by atoms with van der Waals surface area (Å²) in [4.78, 5) is 0. The van der Waals surface area contributed by atoms with E-state index >= 15 is 0 Å². The van der Waals surface area contributed by atoms with E-state index in [0.29, 0.717) is 10.8 Å². The Kier molecular flexibility index (Phi) is 2.71. The molecule has 0 fully saturated rings. The lowest BCUT2D eigenvalue weighted by atomic mass is 9.85. The number of hydrogen-bond donors (Lipinski definition) is 0. The lowest BCUT2D eigenvalue weighted by Crippen LogP contribution is -1.91. The molecule has 1 aromatic heterocycles. The lowest BCUT2D eigenvalue weighted by molar-refractivity contribution is 0.672. The van der Waals surface area contributed by atoms with Gasteiger partial charge in [0.2, 0.25) is 0 Å². The van der Waals surface area contributed by atoms with Crippen LogP contribution in [0.2, 0.25) is 0 Å². The Morgan fingerprint density at radius 2 is 0.979 bits per heavy atom. The van der Waals surface area contributed by atoms with Gasteiger partial charge in [-0.05, 0) is 89.2 Å². The molecule has 10 aromatic rings. The molecule has 0 atom stereocenters. The van der Waals surface area contributed by atoms with Crippen LogP contribution in [0.15, 0.2) is 174 Å². The van der Waals surface area contributed by atoms with Crippen LogP contribution in [0, 0.1) is 0 Å². The predicted molar refractivity (Wildman–Crippen MR) is 200 cm³/mol. The maximum Gasteiger partial charge on any atom is 0.143 e. The van der Waals surface area contributed by atoms with Crippen LogP contribution in [0.5, 0.6) is 0 Å². The van der Waals surface area contributed by atoms with Crippen LogP contribution in [-0.2, 0) is 0 Å². The van der Waals surface area contributed by atoms with Gasteiger partial charge in [0, 0.05) is 16.2 Å². The molecule has 0 bridgehead atoms. The highest BCUT2D eigenvalue weighted by Crippen LogP contribution is 2.45. The standard InChI is InChI=1S/C46H28O/c1-2-13-29(14-3-1)44-36-18-5-7-20-38(36)45(39-21-8-6-19-37(39)44)31-25-26-32-30(27-31)15-12-23-33(32)41-28-42-35-17-10-11-24-43(35)47-46(42)40-22-9-4-16-34(40)41/h1-28H/i1D,2D,3D,4D,5D,6D,7D,8D,9D,10D,11D,13D,14D,16D,17D,18D,19D,20D,21D,22D,24D,28D. The van der Waals surface area contributed by atoms with E-state index in [-0.39, 0.29) is 76.5 Å². The summed E-state index contributed by atoms with van der Waals surface area (Å²) in [5.41, 5.74) is -1.41. The first kappa shape index (κ1) is 12.5. The molecule has 0 amide bonds. The minimum Gasteiger partial charge on any atom is -0.455 e. The highest BCUT2D eigenvalue weighted by Gasteiger charge is 2.19. The molecule has 0 aliphatic heterocycles. The van der Waals surface area contributed by atoms with E-state index < -0.39 is 144 Å². The van der Waals surface area contributed by atoms with E-state index in [1.54, 1.807) is 30.3 Å². The van der Waals surface area contributed by atoms with Gasteiger partial charge in [0.15, 0.2) is 0 Å². The van der Waals surface area contributed by atoms with Crippen LogP contribution in [0.4, 0.5) is 0 Å². The van der Waals surface area contributed by atoms with Gasteiger partial charge in [-0.25, -0.2) is 0 Å². The Labute approximate surface area is 302 Å². The Hall–Kier alpha value is -6.18. The van der Waals surface area contributed by atoms with Gasteiger partial charge >= 0.3 is 0 Å². The molecule has 0 radical (unpaired) electrons. The second kappa shape index (κ2) is 10.2. The molecule has 0 aliphatic rings. The number of para-hydroxylation sites is 1. The molecule has 47 heavy (non-hydrogen) atoms. The molecule has 0 unspecified atom stereocenters. The molecule has 218 valence electrons. The van der Waals surface area contributed by atoms with Crippen molar-refractivity contribution in [2.75, 3.05) is 0 Å². The van der Waals surface area contributed by atoms with E-state index in [2.05, 4.69) is 0 Å². The van der Waals surface area contributed by atoms with Crippen molar-refractivity contribution >= 4 is 65.0 Å². The second-order valence-electron chi connectivity index (χ2n) is 10.8. The number of rotatable bonds is 3. The molecule has 10 rings (SSSR count). The smallest absolute Gasteiger partial charge is 0.143 e. The maximum atomic E-state index is 9.73. The van der Waals surface area contributed by atoms with Crippen molar-refractivity contribution in [1.82, 2.24) is 0 Å². The number of fused-ring (bicyclic) bond motifs is 8. The highest BCUT2D eigenvalue weighted by atomic mass is 16.3. The third-order valence-electron chi connectivity index (χ3n) is 8.31. The lowest BCUT2D eigenvalue weighted by Gasteiger charge is -2.18. The molecule has 9 aromatic carbocycles. The maximum absolute atomic E-state index is 9.73. The van der Waals surface area contributed by atoms with Crippen LogP contribution < -0.4 is 0 Å². The molecule has 0 N–H and O–H groups in total. The van der Waals surface area contributed by atoms with Crippen molar-refractivity contribution < 1.29 is 34.6 Å². The topological polar surface area (TPSA) is 13.1 Å². The fraction of sp³-hybridized carbons (Fsp3) is 0. The fourth-order valence-electron chi connectivity index (χ4n) is 6.37. The zero-order valence-electron chi connectivity index (χ0n) is 45.9. The number of furan rings is 1. The average Bonchev–Trinajstić information content (AvgIpc) is 3.75. The zero-order chi connectivity index (χ0) is 50.0. The van der Waals surface area contributed by atoms with Gasteiger partial charge in [-0.1, -0.05) is 151 Å². The summed E-state index contributed by atoms with van der Waals surface area (Å²) >= 11 is 0. The van der Waals surface area contributed by atoms with Gasteiger partial charge in [-0.2, -0.15) is 0 Å². The molecule has 0 saturated heterocycles. The Morgan fingerprint density at radius 3 is 1.68 bits per heavy atom. The first-order valence-corrected chi connectivity index (χ1v) is 14.4. The summed E-state index contributed by atoms with van der Waals surface area (Å²) in [6, 6.07) is -5.57. The van der Waals surface area contributed by atoms with Gasteiger partial charge < -0.3 is 4.42 Å². The number of hydrogen-bond acceptors (Lipinski definition) is 1. The molecule has 1 heteroatoms. The monoisotopic (exact) mass is 618 g/mol.